The SMILES string of the molecule is Cc1cc(N(C)CC2CC(O)C2)c(Br)cc1N. The maximum absolute atomic E-state index is 9.29. The first-order valence-corrected chi connectivity index (χ1v) is 6.71. The van der Waals surface area contributed by atoms with E-state index in [1.807, 2.05) is 13.0 Å². The summed E-state index contributed by atoms with van der Waals surface area (Å²) in [7, 11) is 2.08. The van der Waals surface area contributed by atoms with Crippen LogP contribution in [0.3, 0.4) is 0 Å². The van der Waals surface area contributed by atoms with Gasteiger partial charge in [0.2, 0.25) is 0 Å². The molecule has 0 heterocycles. The molecule has 1 fully saturated rings. The molecule has 0 aliphatic heterocycles. The Morgan fingerprint density at radius 3 is 2.71 bits per heavy atom. The number of aliphatic hydroxyl groups excluding tert-OH is 1. The van der Waals surface area contributed by atoms with Crippen molar-refractivity contribution >= 4 is 27.3 Å². The van der Waals surface area contributed by atoms with Gasteiger partial charge < -0.3 is 15.7 Å². The third-order valence-electron chi connectivity index (χ3n) is 3.49. The molecule has 1 saturated carbocycles. The fraction of sp³-hybridized carbons (Fsp3) is 0.538. The predicted molar refractivity (Wildman–Crippen MR) is 75.3 cm³/mol. The molecule has 1 aliphatic carbocycles. The number of anilines is 2. The van der Waals surface area contributed by atoms with Crippen LogP contribution in [0.5, 0.6) is 0 Å². The Bertz CT molecular complexity index is 416. The normalized spacial score (nSPS) is 23.3. The van der Waals surface area contributed by atoms with Gasteiger partial charge in [0, 0.05) is 23.8 Å². The number of aryl methyl sites for hydroxylation is 1. The molecule has 0 amide bonds. The summed E-state index contributed by atoms with van der Waals surface area (Å²) in [5.74, 6) is 0.611. The lowest BCUT2D eigenvalue weighted by Crippen LogP contribution is -2.37. The van der Waals surface area contributed by atoms with Crippen molar-refractivity contribution in [3.63, 3.8) is 0 Å². The van der Waals surface area contributed by atoms with E-state index in [1.54, 1.807) is 0 Å². The quantitative estimate of drug-likeness (QED) is 0.843. The highest BCUT2D eigenvalue weighted by atomic mass is 79.9. The van der Waals surface area contributed by atoms with Crippen molar-refractivity contribution in [1.29, 1.82) is 0 Å². The fourth-order valence-corrected chi connectivity index (χ4v) is 2.97. The van der Waals surface area contributed by atoms with Gasteiger partial charge in [-0.1, -0.05) is 0 Å². The molecule has 0 spiro atoms. The molecule has 0 atom stereocenters. The second-order valence-corrected chi connectivity index (χ2v) is 5.89. The van der Waals surface area contributed by atoms with Crippen molar-refractivity contribution in [2.24, 2.45) is 5.92 Å². The number of nitrogens with zero attached hydrogens (tertiary/aromatic N) is 1. The van der Waals surface area contributed by atoms with E-state index in [4.69, 9.17) is 5.73 Å². The van der Waals surface area contributed by atoms with E-state index in [2.05, 4.69) is 33.9 Å². The average Bonchev–Trinajstić information content (AvgIpc) is 2.21. The number of hydrogen-bond acceptors (Lipinski definition) is 3. The monoisotopic (exact) mass is 298 g/mol. The molecule has 1 aromatic rings. The summed E-state index contributed by atoms with van der Waals surface area (Å²) in [6.45, 7) is 3.01. The van der Waals surface area contributed by atoms with Crippen molar-refractivity contribution in [2.45, 2.75) is 25.9 Å². The summed E-state index contributed by atoms with van der Waals surface area (Å²) < 4.78 is 1.03. The van der Waals surface area contributed by atoms with Gasteiger partial charge in [-0.15, -0.1) is 0 Å². The highest BCUT2D eigenvalue weighted by Crippen LogP contribution is 2.33. The van der Waals surface area contributed by atoms with E-state index in [1.165, 1.54) is 0 Å². The van der Waals surface area contributed by atoms with Gasteiger partial charge in [0.15, 0.2) is 0 Å². The standard InChI is InChI=1S/C13H19BrN2O/c1-8-3-13(11(14)6-12(8)15)16(2)7-9-4-10(17)5-9/h3,6,9-10,17H,4-5,7,15H2,1-2H3. The van der Waals surface area contributed by atoms with Crippen LogP contribution in [0.4, 0.5) is 11.4 Å². The molecule has 3 N–H and O–H groups in total. The maximum atomic E-state index is 9.29. The van der Waals surface area contributed by atoms with Gasteiger partial charge in [0.25, 0.3) is 0 Å². The highest BCUT2D eigenvalue weighted by molar-refractivity contribution is 9.10. The van der Waals surface area contributed by atoms with Gasteiger partial charge in [0.1, 0.15) is 0 Å². The van der Waals surface area contributed by atoms with E-state index in [0.29, 0.717) is 5.92 Å². The molecule has 1 aromatic carbocycles. The average molecular weight is 299 g/mol. The molecule has 1 aliphatic rings. The lowest BCUT2D eigenvalue weighted by molar-refractivity contribution is 0.0464. The van der Waals surface area contributed by atoms with Gasteiger partial charge in [-0.2, -0.15) is 0 Å². The van der Waals surface area contributed by atoms with Crippen LogP contribution in [0.25, 0.3) is 0 Å². The molecule has 0 aromatic heterocycles. The summed E-state index contributed by atoms with van der Waals surface area (Å²) in [6, 6.07) is 4.06. The minimum Gasteiger partial charge on any atom is -0.398 e. The number of rotatable bonds is 3. The fourth-order valence-electron chi connectivity index (χ4n) is 2.31. The predicted octanol–water partition coefficient (Wildman–Crippen LogP) is 2.55. The summed E-state index contributed by atoms with van der Waals surface area (Å²) in [4.78, 5) is 2.23. The number of aliphatic hydroxyl groups is 1. The zero-order valence-electron chi connectivity index (χ0n) is 10.3. The zero-order valence-corrected chi connectivity index (χ0v) is 11.9. The molecule has 0 bridgehead atoms. The topological polar surface area (TPSA) is 49.5 Å². The zero-order chi connectivity index (χ0) is 12.6. The van der Waals surface area contributed by atoms with Crippen molar-refractivity contribution in [3.05, 3.63) is 22.2 Å². The van der Waals surface area contributed by atoms with Crippen LogP contribution >= 0.6 is 15.9 Å². The Balaban J connectivity index is 2.08. The lowest BCUT2D eigenvalue weighted by Gasteiger charge is -2.35. The number of nitrogen functional groups attached to an aromatic ring is 1. The van der Waals surface area contributed by atoms with Crippen molar-refractivity contribution < 1.29 is 5.11 Å². The van der Waals surface area contributed by atoms with Crippen molar-refractivity contribution in [1.82, 2.24) is 0 Å². The number of hydrogen-bond donors (Lipinski definition) is 2. The molecular formula is C13H19BrN2O. The Hall–Kier alpha value is -0.740. The van der Waals surface area contributed by atoms with Gasteiger partial charge in [-0.05, 0) is 59.3 Å². The first-order valence-electron chi connectivity index (χ1n) is 5.92. The van der Waals surface area contributed by atoms with Crippen LogP contribution in [-0.2, 0) is 0 Å². The summed E-state index contributed by atoms with van der Waals surface area (Å²) in [5.41, 5.74) is 8.94. The molecule has 94 valence electrons. The minimum absolute atomic E-state index is 0.0787. The second-order valence-electron chi connectivity index (χ2n) is 5.03. The Labute approximate surface area is 111 Å². The smallest absolute Gasteiger partial charge is 0.0546 e. The van der Waals surface area contributed by atoms with E-state index in [0.717, 1.165) is 40.8 Å². The van der Waals surface area contributed by atoms with E-state index in [9.17, 15) is 5.11 Å². The van der Waals surface area contributed by atoms with Crippen LogP contribution in [0.1, 0.15) is 18.4 Å². The lowest BCUT2D eigenvalue weighted by atomic mass is 9.82. The van der Waals surface area contributed by atoms with Crippen LogP contribution in [0.2, 0.25) is 0 Å². The highest BCUT2D eigenvalue weighted by Gasteiger charge is 2.28. The summed E-state index contributed by atoms with van der Waals surface area (Å²) >= 11 is 3.55. The third-order valence-corrected chi connectivity index (χ3v) is 4.12. The molecular weight excluding hydrogens is 280 g/mol. The number of halogens is 1. The van der Waals surface area contributed by atoms with Crippen LogP contribution in [-0.4, -0.2) is 24.8 Å². The molecule has 0 radical (unpaired) electrons. The van der Waals surface area contributed by atoms with Crippen molar-refractivity contribution in [2.75, 3.05) is 24.2 Å². The van der Waals surface area contributed by atoms with Crippen molar-refractivity contribution in [3.8, 4) is 0 Å². The van der Waals surface area contributed by atoms with Gasteiger partial charge in [0.05, 0.1) is 11.8 Å². The van der Waals surface area contributed by atoms with Crippen LogP contribution < -0.4 is 10.6 Å². The summed E-state index contributed by atoms with van der Waals surface area (Å²) in [5, 5.41) is 9.29. The first-order chi connectivity index (χ1) is 7.97. The number of nitrogens with two attached hydrogens (primary N) is 1. The largest absolute Gasteiger partial charge is 0.398 e. The maximum Gasteiger partial charge on any atom is 0.0546 e. The summed E-state index contributed by atoms with van der Waals surface area (Å²) in [6.07, 6.45) is 1.77. The third kappa shape index (κ3) is 2.75. The van der Waals surface area contributed by atoms with Gasteiger partial charge in [-0.25, -0.2) is 0 Å². The van der Waals surface area contributed by atoms with Gasteiger partial charge in [-0.3, -0.25) is 0 Å². The Kier molecular flexibility index (Phi) is 3.64. The van der Waals surface area contributed by atoms with E-state index in [-0.39, 0.29) is 6.10 Å². The molecule has 4 heteroatoms. The van der Waals surface area contributed by atoms with Crippen LogP contribution in [0.15, 0.2) is 16.6 Å². The minimum atomic E-state index is -0.0787. The second kappa shape index (κ2) is 4.86. The Morgan fingerprint density at radius 2 is 2.12 bits per heavy atom. The van der Waals surface area contributed by atoms with E-state index >= 15 is 0 Å². The van der Waals surface area contributed by atoms with E-state index < -0.39 is 0 Å². The van der Waals surface area contributed by atoms with Crippen LogP contribution in [0, 0.1) is 12.8 Å². The molecule has 17 heavy (non-hydrogen) atoms. The molecule has 0 saturated heterocycles. The first kappa shape index (κ1) is 12.7. The number of benzene rings is 1. The van der Waals surface area contributed by atoms with Gasteiger partial charge >= 0.3 is 0 Å². The Morgan fingerprint density at radius 1 is 1.47 bits per heavy atom. The molecule has 0 unspecified atom stereocenters. The molecule has 3 nitrogen and oxygen atoms in total. The molecule has 2 rings (SSSR count).